The molecule has 0 bridgehead atoms. The Kier molecular flexibility index (Phi) is 11.2. The van der Waals surface area contributed by atoms with Crippen LogP contribution in [0, 0.1) is 5.92 Å². The van der Waals surface area contributed by atoms with Gasteiger partial charge in [0.15, 0.2) is 0 Å². The van der Waals surface area contributed by atoms with Crippen LogP contribution in [0.4, 0.5) is 0 Å². The molecule has 0 aliphatic carbocycles. The van der Waals surface area contributed by atoms with E-state index in [4.69, 9.17) is 5.73 Å². The summed E-state index contributed by atoms with van der Waals surface area (Å²) in [6.45, 7) is 3.74. The van der Waals surface area contributed by atoms with Crippen LogP contribution >= 0.6 is 12.6 Å². The van der Waals surface area contributed by atoms with E-state index < -0.39 is 47.9 Å². The third-order valence-electron chi connectivity index (χ3n) is 6.60. The molecule has 4 unspecified atom stereocenters. The first-order valence-corrected chi connectivity index (χ1v) is 13.9. The number of carboxylic acids is 1. The summed E-state index contributed by atoms with van der Waals surface area (Å²) < 4.78 is 0. The number of nitrogens with one attached hydrogen (secondary N) is 4. The van der Waals surface area contributed by atoms with Gasteiger partial charge in [0.05, 0.1) is 6.04 Å². The zero-order valence-corrected chi connectivity index (χ0v) is 23.9. The van der Waals surface area contributed by atoms with Crippen molar-refractivity contribution < 1.29 is 29.4 Å². The fraction of sp³-hybridized carbons (Fsp3) is 0.379. The van der Waals surface area contributed by atoms with Crippen LogP contribution in [0.25, 0.3) is 10.9 Å². The maximum absolute atomic E-state index is 13.4. The van der Waals surface area contributed by atoms with Crippen molar-refractivity contribution >= 4 is 47.2 Å². The van der Waals surface area contributed by atoms with Crippen molar-refractivity contribution in [1.29, 1.82) is 0 Å². The number of phenolic OH excluding ortho intramolecular Hbond substituents is 1. The summed E-state index contributed by atoms with van der Waals surface area (Å²) in [4.78, 5) is 54.6. The van der Waals surface area contributed by atoms with E-state index in [1.165, 1.54) is 12.1 Å². The van der Waals surface area contributed by atoms with Gasteiger partial charge < -0.3 is 36.9 Å². The highest BCUT2D eigenvalue weighted by Gasteiger charge is 2.31. The Morgan fingerprint density at radius 2 is 1.49 bits per heavy atom. The highest BCUT2D eigenvalue weighted by atomic mass is 32.1. The number of aliphatic carboxylic acids is 1. The van der Waals surface area contributed by atoms with Gasteiger partial charge in [-0.1, -0.05) is 44.2 Å². The molecule has 0 radical (unpaired) electrons. The van der Waals surface area contributed by atoms with Crippen LogP contribution in [0.5, 0.6) is 5.75 Å². The van der Waals surface area contributed by atoms with Crippen molar-refractivity contribution in [1.82, 2.24) is 20.9 Å². The molecule has 3 aromatic rings. The zero-order chi connectivity index (χ0) is 30.1. The standard InChI is InChI=1S/C29H37N5O6S/c1-16(2)11-23(27(37)34-25(29(39)40)13-18-14-31-22-6-4-3-5-20(18)22)33-28(38)24(32-26(36)21(30)15-41)12-17-7-9-19(35)10-8-17/h3-10,14,16,21,23-25,31,35,41H,11-13,15,30H2,1-2H3,(H,32,36)(H,33,38)(H,34,37)(H,39,40). The number of amides is 3. The van der Waals surface area contributed by atoms with Crippen LogP contribution in [0.3, 0.4) is 0 Å². The summed E-state index contributed by atoms with van der Waals surface area (Å²) in [5, 5.41) is 28.2. The summed E-state index contributed by atoms with van der Waals surface area (Å²) in [6.07, 6.45) is 2.04. The van der Waals surface area contributed by atoms with Gasteiger partial charge >= 0.3 is 5.97 Å². The number of carboxylic acid groups (broad SMARTS) is 1. The Morgan fingerprint density at radius 3 is 2.12 bits per heavy atom. The largest absolute Gasteiger partial charge is 0.508 e. The molecule has 41 heavy (non-hydrogen) atoms. The van der Waals surface area contributed by atoms with Gasteiger partial charge in [-0.05, 0) is 41.7 Å². The lowest BCUT2D eigenvalue weighted by molar-refractivity contribution is -0.142. The van der Waals surface area contributed by atoms with Gasteiger partial charge in [0.1, 0.15) is 23.9 Å². The molecule has 0 saturated heterocycles. The Bertz CT molecular complexity index is 1360. The van der Waals surface area contributed by atoms with E-state index in [1.54, 1.807) is 18.3 Å². The summed E-state index contributed by atoms with van der Waals surface area (Å²) >= 11 is 4.04. The number of rotatable bonds is 14. The first-order valence-electron chi connectivity index (χ1n) is 13.3. The number of carbonyl (C=O) groups excluding carboxylic acids is 3. The lowest BCUT2D eigenvalue weighted by atomic mass is 9.99. The minimum absolute atomic E-state index is 0.0225. The smallest absolute Gasteiger partial charge is 0.326 e. The molecule has 0 aliphatic rings. The van der Waals surface area contributed by atoms with Crippen molar-refractivity contribution in [2.24, 2.45) is 11.7 Å². The third kappa shape index (κ3) is 8.98. The Hall–Kier alpha value is -4.03. The number of hydrogen-bond acceptors (Lipinski definition) is 7. The molecule has 1 aromatic heterocycles. The summed E-state index contributed by atoms with van der Waals surface area (Å²) in [7, 11) is 0. The number of nitrogens with two attached hydrogens (primary N) is 1. The first kappa shape index (κ1) is 31.5. The minimum atomic E-state index is -1.24. The monoisotopic (exact) mass is 583 g/mol. The number of para-hydroxylation sites is 1. The second-order valence-electron chi connectivity index (χ2n) is 10.4. The van der Waals surface area contributed by atoms with E-state index >= 15 is 0 Å². The molecule has 0 fully saturated rings. The molecule has 2 aromatic carbocycles. The lowest BCUT2D eigenvalue weighted by Crippen LogP contribution is -2.58. The number of H-pyrrole nitrogens is 1. The van der Waals surface area contributed by atoms with Crippen LogP contribution in [0.15, 0.2) is 54.7 Å². The van der Waals surface area contributed by atoms with E-state index in [1.807, 2.05) is 38.1 Å². The second-order valence-corrected chi connectivity index (χ2v) is 10.7. The summed E-state index contributed by atoms with van der Waals surface area (Å²) in [5.41, 5.74) is 8.02. The number of aromatic hydroxyl groups is 1. The van der Waals surface area contributed by atoms with E-state index in [0.29, 0.717) is 5.56 Å². The van der Waals surface area contributed by atoms with Crippen LogP contribution in [-0.2, 0) is 32.0 Å². The van der Waals surface area contributed by atoms with Crippen LogP contribution in [0.1, 0.15) is 31.4 Å². The third-order valence-corrected chi connectivity index (χ3v) is 6.99. The van der Waals surface area contributed by atoms with Gasteiger partial charge in [-0.3, -0.25) is 14.4 Å². The predicted molar refractivity (Wildman–Crippen MR) is 159 cm³/mol. The lowest BCUT2D eigenvalue weighted by Gasteiger charge is -2.26. The van der Waals surface area contributed by atoms with Crippen LogP contribution < -0.4 is 21.7 Å². The maximum Gasteiger partial charge on any atom is 0.326 e. The van der Waals surface area contributed by atoms with Gasteiger partial charge in [-0.2, -0.15) is 12.6 Å². The summed E-state index contributed by atoms with van der Waals surface area (Å²) in [6, 6.07) is 9.23. The number of fused-ring (bicyclic) bond motifs is 1. The normalized spacial score (nSPS) is 14.2. The molecule has 1 heterocycles. The minimum Gasteiger partial charge on any atom is -0.508 e. The van der Waals surface area contributed by atoms with Crippen molar-refractivity contribution in [3.05, 3.63) is 65.9 Å². The SMILES string of the molecule is CC(C)CC(NC(=O)C(Cc1ccc(O)cc1)NC(=O)C(N)CS)C(=O)NC(Cc1c[nH]c2ccccc12)C(=O)O. The molecule has 4 atom stereocenters. The molecule has 8 N–H and O–H groups in total. The number of aromatic amines is 1. The average molecular weight is 584 g/mol. The van der Waals surface area contributed by atoms with E-state index in [9.17, 15) is 29.4 Å². The molecule has 220 valence electrons. The summed E-state index contributed by atoms with van der Waals surface area (Å²) in [5.74, 6) is -3.01. The average Bonchev–Trinajstić information content (AvgIpc) is 3.34. The Labute approximate surface area is 243 Å². The molecular weight excluding hydrogens is 546 g/mol. The van der Waals surface area contributed by atoms with Gasteiger partial charge in [0, 0.05) is 35.7 Å². The van der Waals surface area contributed by atoms with Gasteiger partial charge in [0.25, 0.3) is 0 Å². The number of phenols is 1. The molecule has 0 aliphatic heterocycles. The number of carbonyl (C=O) groups is 4. The fourth-order valence-corrected chi connectivity index (χ4v) is 4.57. The van der Waals surface area contributed by atoms with E-state index in [0.717, 1.165) is 16.5 Å². The van der Waals surface area contributed by atoms with Crippen molar-refractivity contribution in [2.45, 2.75) is 57.3 Å². The molecule has 3 amide bonds. The molecule has 12 heteroatoms. The predicted octanol–water partition coefficient (Wildman–Crippen LogP) is 1.50. The van der Waals surface area contributed by atoms with Crippen molar-refractivity contribution in [2.75, 3.05) is 5.75 Å². The van der Waals surface area contributed by atoms with Crippen LogP contribution in [-0.4, -0.2) is 68.8 Å². The number of thiol groups is 1. The topological polar surface area (TPSA) is 187 Å². The second kappa shape index (κ2) is 14.6. The molecule has 0 spiro atoms. The molecule has 0 saturated carbocycles. The Balaban J connectivity index is 1.78. The molecule has 3 rings (SSSR count). The number of benzene rings is 2. The fourth-order valence-electron chi connectivity index (χ4n) is 4.41. The van der Waals surface area contributed by atoms with Gasteiger partial charge in [-0.25, -0.2) is 4.79 Å². The van der Waals surface area contributed by atoms with E-state index in [-0.39, 0.29) is 36.7 Å². The highest BCUT2D eigenvalue weighted by Crippen LogP contribution is 2.19. The maximum atomic E-state index is 13.4. The quantitative estimate of drug-likeness (QED) is 0.132. The molecule has 11 nitrogen and oxygen atoms in total. The first-order chi connectivity index (χ1) is 19.5. The zero-order valence-electron chi connectivity index (χ0n) is 23.0. The van der Waals surface area contributed by atoms with Crippen LogP contribution in [0.2, 0.25) is 0 Å². The van der Waals surface area contributed by atoms with Crippen molar-refractivity contribution in [3.8, 4) is 5.75 Å². The van der Waals surface area contributed by atoms with Gasteiger partial charge in [-0.15, -0.1) is 0 Å². The number of hydrogen-bond donors (Lipinski definition) is 8. The van der Waals surface area contributed by atoms with Crippen molar-refractivity contribution in [3.63, 3.8) is 0 Å². The highest BCUT2D eigenvalue weighted by molar-refractivity contribution is 7.80. The van der Waals surface area contributed by atoms with E-state index in [2.05, 4.69) is 33.6 Å². The Morgan fingerprint density at radius 1 is 0.878 bits per heavy atom. The number of aromatic nitrogens is 1. The van der Waals surface area contributed by atoms with Gasteiger partial charge in [0.2, 0.25) is 17.7 Å². The molecular formula is C29H37N5O6S.